The highest BCUT2D eigenvalue weighted by Gasteiger charge is 2.35. The Labute approximate surface area is 129 Å². The van der Waals surface area contributed by atoms with Crippen molar-refractivity contribution < 1.29 is 9.59 Å². The highest BCUT2D eigenvalue weighted by atomic mass is 16.2. The lowest BCUT2D eigenvalue weighted by Gasteiger charge is -2.24. The van der Waals surface area contributed by atoms with Gasteiger partial charge in [-0.2, -0.15) is 0 Å². The van der Waals surface area contributed by atoms with Gasteiger partial charge in [-0.05, 0) is 37.1 Å². The van der Waals surface area contributed by atoms with E-state index in [0.29, 0.717) is 18.7 Å². The molecule has 1 fully saturated rings. The number of carbonyl (C=O) groups excluding carboxylic acids is 2. The van der Waals surface area contributed by atoms with Crippen molar-refractivity contribution in [1.29, 1.82) is 0 Å². The predicted octanol–water partition coefficient (Wildman–Crippen LogP) is 2.27. The third-order valence-corrected chi connectivity index (χ3v) is 4.02. The van der Waals surface area contributed by atoms with E-state index in [1.165, 1.54) is 0 Å². The Morgan fingerprint density at radius 2 is 1.91 bits per heavy atom. The number of anilines is 1. The van der Waals surface area contributed by atoms with E-state index < -0.39 is 6.04 Å². The minimum absolute atomic E-state index is 0.0850. The van der Waals surface area contributed by atoms with E-state index in [-0.39, 0.29) is 11.8 Å². The van der Waals surface area contributed by atoms with Gasteiger partial charge in [0.15, 0.2) is 0 Å². The number of para-hydroxylation sites is 1. The van der Waals surface area contributed by atoms with Crippen LogP contribution in [-0.4, -0.2) is 33.9 Å². The van der Waals surface area contributed by atoms with E-state index in [1.807, 2.05) is 49.6 Å². The van der Waals surface area contributed by atoms with E-state index in [2.05, 4.69) is 5.32 Å². The Bertz CT molecular complexity index is 678. The van der Waals surface area contributed by atoms with Gasteiger partial charge in [-0.25, -0.2) is 0 Å². The molecule has 0 spiro atoms. The molecule has 2 amide bonds. The van der Waals surface area contributed by atoms with Gasteiger partial charge in [-0.1, -0.05) is 18.2 Å². The van der Waals surface area contributed by atoms with Crippen molar-refractivity contribution in [1.82, 2.24) is 9.47 Å². The largest absolute Gasteiger partial charge is 0.347 e. The Morgan fingerprint density at radius 1 is 1.14 bits per heavy atom. The van der Waals surface area contributed by atoms with Crippen LogP contribution in [0.15, 0.2) is 48.7 Å². The van der Waals surface area contributed by atoms with Crippen LogP contribution in [0.5, 0.6) is 0 Å². The summed E-state index contributed by atoms with van der Waals surface area (Å²) in [6.45, 7) is 0.622. The fourth-order valence-corrected chi connectivity index (χ4v) is 2.86. The van der Waals surface area contributed by atoms with E-state index in [4.69, 9.17) is 0 Å². The monoisotopic (exact) mass is 297 g/mol. The van der Waals surface area contributed by atoms with Crippen molar-refractivity contribution in [2.24, 2.45) is 7.05 Å². The Balaban J connectivity index is 1.74. The maximum atomic E-state index is 12.6. The van der Waals surface area contributed by atoms with Gasteiger partial charge in [0, 0.05) is 25.5 Å². The van der Waals surface area contributed by atoms with Crippen molar-refractivity contribution in [2.45, 2.75) is 18.9 Å². The van der Waals surface area contributed by atoms with Gasteiger partial charge in [0.25, 0.3) is 5.91 Å². The van der Waals surface area contributed by atoms with E-state index in [0.717, 1.165) is 12.1 Å². The molecule has 0 saturated carbocycles. The Morgan fingerprint density at radius 3 is 2.59 bits per heavy atom. The van der Waals surface area contributed by atoms with Gasteiger partial charge in [0.1, 0.15) is 11.7 Å². The quantitative estimate of drug-likeness (QED) is 0.945. The van der Waals surface area contributed by atoms with Crippen molar-refractivity contribution in [3.05, 3.63) is 54.4 Å². The van der Waals surface area contributed by atoms with Gasteiger partial charge in [-0.3, -0.25) is 9.59 Å². The second-order valence-electron chi connectivity index (χ2n) is 5.52. The van der Waals surface area contributed by atoms with E-state index in [9.17, 15) is 9.59 Å². The number of hydrogen-bond donors (Lipinski definition) is 1. The number of hydrogen-bond acceptors (Lipinski definition) is 2. The molecule has 2 heterocycles. The molecule has 1 aliphatic heterocycles. The molecule has 1 aromatic carbocycles. The summed E-state index contributed by atoms with van der Waals surface area (Å²) in [6.07, 6.45) is 3.39. The van der Waals surface area contributed by atoms with Crippen LogP contribution in [0.25, 0.3) is 0 Å². The Hall–Kier alpha value is -2.56. The second kappa shape index (κ2) is 6.05. The first-order valence-electron chi connectivity index (χ1n) is 7.45. The van der Waals surface area contributed by atoms with Crippen LogP contribution in [-0.2, 0) is 11.8 Å². The average Bonchev–Trinajstić information content (AvgIpc) is 3.16. The van der Waals surface area contributed by atoms with Gasteiger partial charge in [0.05, 0.1) is 0 Å². The topological polar surface area (TPSA) is 54.3 Å². The maximum absolute atomic E-state index is 12.6. The Kier molecular flexibility index (Phi) is 3.96. The molecule has 1 N–H and O–H groups in total. The van der Waals surface area contributed by atoms with Crippen LogP contribution in [0.4, 0.5) is 5.69 Å². The molecule has 1 atom stereocenters. The van der Waals surface area contributed by atoms with Gasteiger partial charge >= 0.3 is 0 Å². The van der Waals surface area contributed by atoms with Crippen LogP contribution in [0.1, 0.15) is 23.3 Å². The van der Waals surface area contributed by atoms with Crippen molar-refractivity contribution in [2.75, 3.05) is 11.9 Å². The summed E-state index contributed by atoms with van der Waals surface area (Å²) in [5, 5.41) is 2.89. The third kappa shape index (κ3) is 2.74. The predicted molar refractivity (Wildman–Crippen MR) is 84.5 cm³/mol. The van der Waals surface area contributed by atoms with E-state index in [1.54, 1.807) is 15.5 Å². The number of nitrogens with zero attached hydrogens (tertiary/aromatic N) is 2. The zero-order valence-electron chi connectivity index (χ0n) is 12.5. The highest BCUT2D eigenvalue weighted by Crippen LogP contribution is 2.21. The number of nitrogens with one attached hydrogen (secondary N) is 1. The van der Waals surface area contributed by atoms with Crippen LogP contribution in [0.3, 0.4) is 0 Å². The number of likely N-dealkylation sites (tertiary alicyclic amines) is 1. The van der Waals surface area contributed by atoms with E-state index >= 15 is 0 Å². The van der Waals surface area contributed by atoms with Crippen LogP contribution < -0.4 is 5.32 Å². The molecule has 0 radical (unpaired) electrons. The first kappa shape index (κ1) is 14.4. The molecular formula is C17H19N3O2. The lowest BCUT2D eigenvalue weighted by molar-refractivity contribution is -0.119. The maximum Gasteiger partial charge on any atom is 0.271 e. The first-order valence-corrected chi connectivity index (χ1v) is 7.45. The number of rotatable bonds is 3. The van der Waals surface area contributed by atoms with Crippen molar-refractivity contribution >= 4 is 17.5 Å². The average molecular weight is 297 g/mol. The standard InChI is InChI=1S/C17H19N3O2/c1-19-11-5-10-15(19)17(22)20-12-6-9-14(20)16(21)18-13-7-3-2-4-8-13/h2-5,7-8,10-11,14H,6,9,12H2,1H3,(H,18,21). The number of aromatic nitrogens is 1. The molecule has 3 rings (SSSR count). The summed E-state index contributed by atoms with van der Waals surface area (Å²) in [5.74, 6) is -0.204. The summed E-state index contributed by atoms with van der Waals surface area (Å²) >= 11 is 0. The molecule has 0 bridgehead atoms. The minimum Gasteiger partial charge on any atom is -0.347 e. The fourth-order valence-electron chi connectivity index (χ4n) is 2.86. The summed E-state index contributed by atoms with van der Waals surface area (Å²) in [4.78, 5) is 26.8. The highest BCUT2D eigenvalue weighted by molar-refractivity contribution is 6.01. The molecule has 0 aliphatic carbocycles. The zero-order valence-corrected chi connectivity index (χ0v) is 12.5. The number of carbonyl (C=O) groups is 2. The molecule has 22 heavy (non-hydrogen) atoms. The molecule has 5 heteroatoms. The van der Waals surface area contributed by atoms with Crippen molar-refractivity contribution in [3.63, 3.8) is 0 Å². The fraction of sp³-hybridized carbons (Fsp3) is 0.294. The number of amides is 2. The molecule has 1 aliphatic rings. The zero-order chi connectivity index (χ0) is 15.5. The third-order valence-electron chi connectivity index (χ3n) is 4.02. The lowest BCUT2D eigenvalue weighted by Crippen LogP contribution is -2.43. The molecular weight excluding hydrogens is 278 g/mol. The molecule has 114 valence electrons. The molecule has 1 unspecified atom stereocenters. The molecule has 5 nitrogen and oxygen atoms in total. The lowest BCUT2D eigenvalue weighted by atomic mass is 10.2. The second-order valence-corrected chi connectivity index (χ2v) is 5.52. The normalized spacial score (nSPS) is 17.5. The SMILES string of the molecule is Cn1cccc1C(=O)N1CCCC1C(=O)Nc1ccccc1. The summed E-state index contributed by atoms with van der Waals surface area (Å²) < 4.78 is 1.78. The van der Waals surface area contributed by atoms with Crippen LogP contribution in [0, 0.1) is 0 Å². The molecule has 1 aromatic heterocycles. The van der Waals surface area contributed by atoms with Crippen LogP contribution >= 0.6 is 0 Å². The van der Waals surface area contributed by atoms with Gasteiger partial charge in [-0.15, -0.1) is 0 Å². The van der Waals surface area contributed by atoms with Crippen LogP contribution in [0.2, 0.25) is 0 Å². The smallest absolute Gasteiger partial charge is 0.271 e. The van der Waals surface area contributed by atoms with Crippen molar-refractivity contribution in [3.8, 4) is 0 Å². The molecule has 2 aromatic rings. The summed E-state index contributed by atoms with van der Waals surface area (Å²) in [5.41, 5.74) is 1.37. The minimum atomic E-state index is -0.400. The number of aryl methyl sites for hydroxylation is 1. The molecule has 1 saturated heterocycles. The first-order chi connectivity index (χ1) is 10.7. The van der Waals surface area contributed by atoms with Gasteiger partial charge < -0.3 is 14.8 Å². The van der Waals surface area contributed by atoms with Gasteiger partial charge in [0.2, 0.25) is 5.91 Å². The summed E-state index contributed by atoms with van der Waals surface area (Å²) in [7, 11) is 1.84. The number of benzene rings is 1. The summed E-state index contributed by atoms with van der Waals surface area (Å²) in [6, 6.07) is 12.6.